The number of hydrogen-bond acceptors (Lipinski definition) is 4. The van der Waals surface area contributed by atoms with Gasteiger partial charge in [-0.15, -0.1) is 0 Å². The quantitative estimate of drug-likeness (QED) is 0.882. The van der Waals surface area contributed by atoms with E-state index in [1.54, 1.807) is 0 Å². The Kier molecular flexibility index (Phi) is 3.82. The van der Waals surface area contributed by atoms with Crippen molar-refractivity contribution < 1.29 is 13.5 Å². The molecule has 1 N–H and O–H groups in total. The summed E-state index contributed by atoms with van der Waals surface area (Å²) in [4.78, 5) is 4.00. The van der Waals surface area contributed by atoms with Gasteiger partial charge in [0.15, 0.2) is 0 Å². The number of aromatic nitrogens is 1. The van der Waals surface area contributed by atoms with E-state index in [2.05, 4.69) is 20.9 Å². The first kappa shape index (κ1) is 12.9. The maximum atomic E-state index is 12.2. The van der Waals surface area contributed by atoms with Crippen LogP contribution in [0.1, 0.15) is 12.8 Å². The second-order valence-electron chi connectivity index (χ2n) is 4.00. The molecule has 0 amide bonds. The van der Waals surface area contributed by atoms with Gasteiger partial charge >= 0.3 is 0 Å². The van der Waals surface area contributed by atoms with Gasteiger partial charge in [-0.3, -0.25) is 4.98 Å². The highest BCUT2D eigenvalue weighted by Crippen LogP contribution is 2.22. The largest absolute Gasteiger partial charge is 0.392 e. The molecule has 1 aromatic rings. The highest BCUT2D eigenvalue weighted by molar-refractivity contribution is 9.10. The fourth-order valence-corrected chi connectivity index (χ4v) is 3.84. The van der Waals surface area contributed by atoms with E-state index >= 15 is 0 Å². The zero-order chi connectivity index (χ0) is 12.5. The van der Waals surface area contributed by atoms with Crippen molar-refractivity contribution in [1.82, 2.24) is 9.29 Å². The van der Waals surface area contributed by atoms with Gasteiger partial charge < -0.3 is 5.11 Å². The molecular formula is C10H13BrN2O3S. The number of hydrogen-bond donors (Lipinski definition) is 1. The van der Waals surface area contributed by atoms with Crippen LogP contribution < -0.4 is 0 Å². The second kappa shape index (κ2) is 5.01. The van der Waals surface area contributed by atoms with Crippen LogP contribution in [0.5, 0.6) is 0 Å². The molecule has 0 unspecified atom stereocenters. The minimum absolute atomic E-state index is 0.154. The van der Waals surface area contributed by atoms with Gasteiger partial charge in [-0.25, -0.2) is 8.42 Å². The molecule has 1 saturated heterocycles. The van der Waals surface area contributed by atoms with Crippen LogP contribution in [0.4, 0.5) is 0 Å². The molecule has 94 valence electrons. The first-order valence-corrected chi connectivity index (χ1v) is 7.52. The van der Waals surface area contributed by atoms with Gasteiger partial charge in [0.25, 0.3) is 0 Å². The molecular weight excluding hydrogens is 308 g/mol. The van der Waals surface area contributed by atoms with Crippen LogP contribution in [0.3, 0.4) is 0 Å². The third-order valence-electron chi connectivity index (χ3n) is 2.68. The van der Waals surface area contributed by atoms with Crippen molar-refractivity contribution in [2.45, 2.75) is 23.8 Å². The molecule has 1 aromatic heterocycles. The Morgan fingerprint density at radius 1 is 1.47 bits per heavy atom. The standard InChI is InChI=1S/C10H13BrN2O3S/c11-8-4-10(6-12-5-8)17(15,16)13-3-1-2-9(14)7-13/h4-6,9,14H,1-3,7H2/t9-/m0/s1. The van der Waals surface area contributed by atoms with Gasteiger partial charge in [0.1, 0.15) is 4.90 Å². The molecule has 0 aliphatic carbocycles. The Hall–Kier alpha value is -0.500. The zero-order valence-electron chi connectivity index (χ0n) is 9.08. The molecule has 1 aliphatic rings. The van der Waals surface area contributed by atoms with Gasteiger partial charge in [-0.2, -0.15) is 4.31 Å². The van der Waals surface area contributed by atoms with E-state index in [1.807, 2.05) is 0 Å². The summed E-state index contributed by atoms with van der Waals surface area (Å²) in [5.74, 6) is 0. The fourth-order valence-electron chi connectivity index (χ4n) is 1.82. The monoisotopic (exact) mass is 320 g/mol. The van der Waals surface area contributed by atoms with Crippen molar-refractivity contribution in [3.8, 4) is 0 Å². The normalized spacial score (nSPS) is 22.6. The summed E-state index contributed by atoms with van der Waals surface area (Å²) in [6, 6.07) is 1.52. The predicted molar refractivity (Wildman–Crippen MR) is 65.9 cm³/mol. The predicted octanol–water partition coefficient (Wildman–Crippen LogP) is 0.990. The van der Waals surface area contributed by atoms with Crippen LogP contribution in [0.15, 0.2) is 27.8 Å². The highest BCUT2D eigenvalue weighted by Gasteiger charge is 2.29. The Labute approximate surface area is 109 Å². The third kappa shape index (κ3) is 2.85. The van der Waals surface area contributed by atoms with Crippen molar-refractivity contribution >= 4 is 26.0 Å². The molecule has 1 fully saturated rings. The Bertz CT molecular complexity index is 506. The van der Waals surface area contributed by atoms with Crippen LogP contribution in [0, 0.1) is 0 Å². The van der Waals surface area contributed by atoms with E-state index in [4.69, 9.17) is 0 Å². The van der Waals surface area contributed by atoms with E-state index in [0.29, 0.717) is 23.9 Å². The molecule has 0 saturated carbocycles. The summed E-state index contributed by atoms with van der Waals surface area (Å²) in [6.45, 7) is 0.612. The van der Waals surface area contributed by atoms with Crippen LogP contribution in [-0.4, -0.2) is 42.0 Å². The van der Waals surface area contributed by atoms with Crippen molar-refractivity contribution in [3.05, 3.63) is 22.9 Å². The minimum atomic E-state index is -3.54. The lowest BCUT2D eigenvalue weighted by molar-refractivity contribution is 0.108. The average Bonchev–Trinajstić information content (AvgIpc) is 2.29. The first-order chi connectivity index (χ1) is 8.00. The highest BCUT2D eigenvalue weighted by atomic mass is 79.9. The molecule has 2 rings (SSSR count). The number of sulfonamides is 1. The van der Waals surface area contributed by atoms with E-state index in [9.17, 15) is 13.5 Å². The zero-order valence-corrected chi connectivity index (χ0v) is 11.5. The number of piperidine rings is 1. The number of aliphatic hydroxyl groups is 1. The molecule has 5 nitrogen and oxygen atoms in total. The van der Waals surface area contributed by atoms with Gasteiger partial charge in [-0.1, -0.05) is 0 Å². The maximum Gasteiger partial charge on any atom is 0.244 e. The molecule has 0 spiro atoms. The van der Waals surface area contributed by atoms with Gasteiger partial charge in [0, 0.05) is 30.0 Å². The fraction of sp³-hybridized carbons (Fsp3) is 0.500. The molecule has 17 heavy (non-hydrogen) atoms. The topological polar surface area (TPSA) is 70.5 Å². The number of pyridine rings is 1. The summed E-state index contributed by atoms with van der Waals surface area (Å²) in [5, 5.41) is 9.51. The summed E-state index contributed by atoms with van der Waals surface area (Å²) >= 11 is 3.20. The van der Waals surface area contributed by atoms with Crippen LogP contribution in [0.25, 0.3) is 0 Å². The lowest BCUT2D eigenvalue weighted by Crippen LogP contribution is -2.42. The summed E-state index contributed by atoms with van der Waals surface area (Å²) in [6.07, 6.45) is 3.62. The van der Waals surface area contributed by atoms with Gasteiger partial charge in [0.05, 0.1) is 6.10 Å². The number of β-amino-alcohol motifs (C(OH)–C–C–N with tert-alkyl or cyclic N) is 1. The van der Waals surface area contributed by atoms with E-state index in [1.165, 1.54) is 22.8 Å². The second-order valence-corrected chi connectivity index (χ2v) is 6.85. The average molecular weight is 321 g/mol. The van der Waals surface area contributed by atoms with Crippen LogP contribution in [-0.2, 0) is 10.0 Å². The van der Waals surface area contributed by atoms with Crippen molar-refractivity contribution in [3.63, 3.8) is 0 Å². The number of halogens is 1. The SMILES string of the molecule is O=S(=O)(c1cncc(Br)c1)N1CCC[C@H](O)C1. The Morgan fingerprint density at radius 3 is 2.88 bits per heavy atom. The lowest BCUT2D eigenvalue weighted by atomic mass is 10.1. The van der Waals surface area contributed by atoms with Crippen LogP contribution in [0.2, 0.25) is 0 Å². The van der Waals surface area contributed by atoms with Gasteiger partial charge in [0.2, 0.25) is 10.0 Å². The lowest BCUT2D eigenvalue weighted by Gasteiger charge is -2.29. The molecule has 1 aliphatic heterocycles. The summed E-state index contributed by atoms with van der Waals surface area (Å²) in [5.41, 5.74) is 0. The summed E-state index contributed by atoms with van der Waals surface area (Å²) in [7, 11) is -3.54. The molecule has 2 heterocycles. The number of aliphatic hydroxyl groups excluding tert-OH is 1. The molecule has 1 atom stereocenters. The minimum Gasteiger partial charge on any atom is -0.392 e. The Morgan fingerprint density at radius 2 is 2.24 bits per heavy atom. The number of rotatable bonds is 2. The van der Waals surface area contributed by atoms with Gasteiger partial charge in [-0.05, 0) is 34.8 Å². The van der Waals surface area contributed by atoms with Crippen molar-refractivity contribution in [2.75, 3.05) is 13.1 Å². The third-order valence-corrected chi connectivity index (χ3v) is 4.94. The van der Waals surface area contributed by atoms with E-state index < -0.39 is 16.1 Å². The van der Waals surface area contributed by atoms with Crippen molar-refractivity contribution in [2.24, 2.45) is 0 Å². The molecule has 0 bridgehead atoms. The maximum absolute atomic E-state index is 12.2. The number of nitrogens with zero attached hydrogens (tertiary/aromatic N) is 2. The first-order valence-electron chi connectivity index (χ1n) is 5.29. The van der Waals surface area contributed by atoms with E-state index in [-0.39, 0.29) is 11.4 Å². The molecule has 0 aromatic carbocycles. The molecule has 7 heteroatoms. The van der Waals surface area contributed by atoms with Crippen molar-refractivity contribution in [1.29, 1.82) is 0 Å². The molecule has 0 radical (unpaired) electrons. The van der Waals surface area contributed by atoms with Crippen LogP contribution >= 0.6 is 15.9 Å². The Balaban J connectivity index is 2.29. The smallest absolute Gasteiger partial charge is 0.244 e. The summed E-state index contributed by atoms with van der Waals surface area (Å²) < 4.78 is 26.4. The van der Waals surface area contributed by atoms with E-state index in [0.717, 1.165) is 0 Å².